The molecular formula is C15H32N2O. The lowest BCUT2D eigenvalue weighted by molar-refractivity contribution is 0.0582. The van der Waals surface area contributed by atoms with Gasteiger partial charge in [0.1, 0.15) is 0 Å². The maximum atomic E-state index is 5.73. The molecule has 0 aromatic rings. The van der Waals surface area contributed by atoms with E-state index in [9.17, 15) is 0 Å². The molecule has 0 bridgehead atoms. The smallest absolute Gasteiger partial charge is 0.0546 e. The van der Waals surface area contributed by atoms with E-state index >= 15 is 0 Å². The molecule has 1 rings (SSSR count). The number of likely N-dealkylation sites (tertiary alicyclic amines) is 1. The van der Waals surface area contributed by atoms with Gasteiger partial charge in [0, 0.05) is 19.7 Å². The second-order valence-electron chi connectivity index (χ2n) is 5.48. The van der Waals surface area contributed by atoms with E-state index in [-0.39, 0.29) is 0 Å². The molecule has 1 aliphatic rings. The standard InChI is InChI=1S/C15H32N2O/c1-3-8-15(2)18-14-7-9-16-10-13-17-11-5-4-6-12-17/h15-16H,3-14H2,1-2H3. The summed E-state index contributed by atoms with van der Waals surface area (Å²) in [6.07, 6.45) is 8.18. The van der Waals surface area contributed by atoms with Gasteiger partial charge in [-0.25, -0.2) is 0 Å². The summed E-state index contributed by atoms with van der Waals surface area (Å²) in [4.78, 5) is 2.58. The van der Waals surface area contributed by atoms with Gasteiger partial charge < -0.3 is 15.0 Å². The Hall–Kier alpha value is -0.120. The summed E-state index contributed by atoms with van der Waals surface area (Å²) in [6.45, 7) is 11.3. The maximum Gasteiger partial charge on any atom is 0.0546 e. The van der Waals surface area contributed by atoms with Gasteiger partial charge in [-0.2, -0.15) is 0 Å². The first kappa shape index (κ1) is 15.9. The van der Waals surface area contributed by atoms with Gasteiger partial charge >= 0.3 is 0 Å². The van der Waals surface area contributed by atoms with Crippen molar-refractivity contribution in [2.45, 2.75) is 58.5 Å². The highest BCUT2D eigenvalue weighted by molar-refractivity contribution is 4.65. The van der Waals surface area contributed by atoms with Gasteiger partial charge in [-0.1, -0.05) is 19.8 Å². The van der Waals surface area contributed by atoms with Crippen molar-refractivity contribution in [1.29, 1.82) is 0 Å². The molecule has 0 aromatic heterocycles. The Kier molecular flexibility index (Phi) is 9.54. The molecule has 0 spiro atoms. The molecule has 1 N–H and O–H groups in total. The van der Waals surface area contributed by atoms with Crippen LogP contribution in [0.25, 0.3) is 0 Å². The van der Waals surface area contributed by atoms with Crippen molar-refractivity contribution in [3.05, 3.63) is 0 Å². The monoisotopic (exact) mass is 256 g/mol. The molecule has 18 heavy (non-hydrogen) atoms. The molecular weight excluding hydrogens is 224 g/mol. The number of hydrogen-bond acceptors (Lipinski definition) is 3. The Labute approximate surface area is 113 Å². The Morgan fingerprint density at radius 1 is 1.17 bits per heavy atom. The first-order chi connectivity index (χ1) is 8.83. The summed E-state index contributed by atoms with van der Waals surface area (Å²) in [6, 6.07) is 0. The van der Waals surface area contributed by atoms with Gasteiger partial charge in [0.2, 0.25) is 0 Å². The van der Waals surface area contributed by atoms with E-state index in [1.54, 1.807) is 0 Å². The van der Waals surface area contributed by atoms with Crippen LogP contribution in [0.5, 0.6) is 0 Å². The van der Waals surface area contributed by atoms with E-state index < -0.39 is 0 Å². The predicted octanol–water partition coefficient (Wildman–Crippen LogP) is 2.66. The summed E-state index contributed by atoms with van der Waals surface area (Å²) < 4.78 is 5.73. The molecule has 1 heterocycles. The lowest BCUT2D eigenvalue weighted by Gasteiger charge is -2.26. The summed E-state index contributed by atoms with van der Waals surface area (Å²) in [7, 11) is 0. The normalized spacial score (nSPS) is 19.0. The number of piperidine rings is 1. The first-order valence-electron chi connectivity index (χ1n) is 7.87. The van der Waals surface area contributed by atoms with Crippen molar-refractivity contribution in [1.82, 2.24) is 10.2 Å². The Morgan fingerprint density at radius 3 is 2.67 bits per heavy atom. The lowest BCUT2D eigenvalue weighted by Crippen LogP contribution is -2.36. The SMILES string of the molecule is CCCC(C)OCCCNCCN1CCCCC1. The molecule has 0 aliphatic carbocycles. The summed E-state index contributed by atoms with van der Waals surface area (Å²) in [5, 5.41) is 3.52. The van der Waals surface area contributed by atoms with Gasteiger partial charge in [-0.05, 0) is 52.2 Å². The Balaban J connectivity index is 1.80. The molecule has 0 amide bonds. The van der Waals surface area contributed by atoms with Crippen molar-refractivity contribution >= 4 is 0 Å². The molecule has 3 heteroatoms. The summed E-state index contributed by atoms with van der Waals surface area (Å²) >= 11 is 0. The molecule has 1 unspecified atom stereocenters. The van der Waals surface area contributed by atoms with Crippen molar-refractivity contribution in [3.63, 3.8) is 0 Å². The van der Waals surface area contributed by atoms with Crippen LogP contribution in [0.4, 0.5) is 0 Å². The minimum atomic E-state index is 0.434. The molecule has 0 aromatic carbocycles. The number of hydrogen-bond donors (Lipinski definition) is 1. The van der Waals surface area contributed by atoms with Crippen LogP contribution < -0.4 is 5.32 Å². The Morgan fingerprint density at radius 2 is 1.94 bits per heavy atom. The van der Waals surface area contributed by atoms with Crippen molar-refractivity contribution < 1.29 is 4.74 Å². The highest BCUT2D eigenvalue weighted by Crippen LogP contribution is 2.07. The average Bonchev–Trinajstić information content (AvgIpc) is 2.39. The lowest BCUT2D eigenvalue weighted by atomic mass is 10.1. The van der Waals surface area contributed by atoms with Crippen molar-refractivity contribution in [2.75, 3.05) is 39.3 Å². The first-order valence-corrected chi connectivity index (χ1v) is 7.87. The zero-order valence-electron chi connectivity index (χ0n) is 12.4. The van der Waals surface area contributed by atoms with Gasteiger partial charge in [0.15, 0.2) is 0 Å². The van der Waals surface area contributed by atoms with Crippen LogP contribution in [0.15, 0.2) is 0 Å². The highest BCUT2D eigenvalue weighted by atomic mass is 16.5. The second-order valence-corrected chi connectivity index (χ2v) is 5.48. The van der Waals surface area contributed by atoms with E-state index in [4.69, 9.17) is 4.74 Å². The Bertz CT molecular complexity index is 181. The van der Waals surface area contributed by atoms with E-state index in [1.807, 2.05) is 0 Å². The number of rotatable bonds is 10. The van der Waals surface area contributed by atoms with Gasteiger partial charge in [0.05, 0.1) is 6.10 Å². The zero-order valence-corrected chi connectivity index (χ0v) is 12.4. The summed E-state index contributed by atoms with van der Waals surface area (Å²) in [5.41, 5.74) is 0. The molecule has 0 radical (unpaired) electrons. The van der Waals surface area contributed by atoms with E-state index in [0.29, 0.717) is 6.10 Å². The largest absolute Gasteiger partial charge is 0.378 e. The quantitative estimate of drug-likeness (QED) is 0.608. The average molecular weight is 256 g/mol. The molecule has 1 aliphatic heterocycles. The zero-order chi connectivity index (χ0) is 13.1. The molecule has 3 nitrogen and oxygen atoms in total. The van der Waals surface area contributed by atoms with E-state index in [2.05, 4.69) is 24.1 Å². The summed E-state index contributed by atoms with van der Waals surface area (Å²) in [5.74, 6) is 0. The maximum absolute atomic E-state index is 5.73. The number of nitrogens with zero attached hydrogens (tertiary/aromatic N) is 1. The second kappa shape index (κ2) is 10.8. The molecule has 1 atom stereocenters. The number of nitrogens with one attached hydrogen (secondary N) is 1. The van der Waals surface area contributed by atoms with E-state index in [1.165, 1.54) is 51.7 Å². The van der Waals surface area contributed by atoms with Gasteiger partial charge in [0.25, 0.3) is 0 Å². The van der Waals surface area contributed by atoms with Crippen molar-refractivity contribution in [2.24, 2.45) is 0 Å². The van der Waals surface area contributed by atoms with Gasteiger partial charge in [-0.15, -0.1) is 0 Å². The molecule has 1 saturated heterocycles. The van der Waals surface area contributed by atoms with Crippen LogP contribution in [-0.4, -0.2) is 50.3 Å². The van der Waals surface area contributed by atoms with Crippen LogP contribution in [0.2, 0.25) is 0 Å². The third-order valence-corrected chi connectivity index (χ3v) is 3.65. The minimum Gasteiger partial charge on any atom is -0.378 e. The predicted molar refractivity (Wildman–Crippen MR) is 78.1 cm³/mol. The van der Waals surface area contributed by atoms with Crippen LogP contribution in [0.3, 0.4) is 0 Å². The number of ether oxygens (including phenoxy) is 1. The van der Waals surface area contributed by atoms with Crippen LogP contribution in [0.1, 0.15) is 52.4 Å². The highest BCUT2D eigenvalue weighted by Gasteiger charge is 2.08. The van der Waals surface area contributed by atoms with Crippen LogP contribution >= 0.6 is 0 Å². The van der Waals surface area contributed by atoms with Crippen LogP contribution in [0, 0.1) is 0 Å². The fourth-order valence-corrected chi connectivity index (χ4v) is 2.52. The fraction of sp³-hybridized carbons (Fsp3) is 1.00. The molecule has 0 saturated carbocycles. The van der Waals surface area contributed by atoms with E-state index in [0.717, 1.165) is 26.1 Å². The van der Waals surface area contributed by atoms with Crippen molar-refractivity contribution in [3.8, 4) is 0 Å². The molecule has 1 fully saturated rings. The fourth-order valence-electron chi connectivity index (χ4n) is 2.52. The van der Waals surface area contributed by atoms with Crippen LogP contribution in [-0.2, 0) is 4.74 Å². The third kappa shape index (κ3) is 8.06. The third-order valence-electron chi connectivity index (χ3n) is 3.65. The topological polar surface area (TPSA) is 24.5 Å². The molecule has 108 valence electrons. The van der Waals surface area contributed by atoms with Gasteiger partial charge in [-0.3, -0.25) is 0 Å². The minimum absolute atomic E-state index is 0.434.